The van der Waals surface area contributed by atoms with Gasteiger partial charge < -0.3 is 10.0 Å². The van der Waals surface area contributed by atoms with Gasteiger partial charge in [-0.3, -0.25) is 4.79 Å². The number of carbonyl (C=O) groups is 1. The van der Waals surface area contributed by atoms with Crippen LogP contribution in [0.4, 0.5) is 0 Å². The van der Waals surface area contributed by atoms with E-state index in [9.17, 15) is 4.79 Å². The molecule has 2 rings (SSSR count). The fourth-order valence-corrected chi connectivity index (χ4v) is 3.52. The van der Waals surface area contributed by atoms with E-state index in [0.717, 1.165) is 12.2 Å². The van der Waals surface area contributed by atoms with Gasteiger partial charge >= 0.3 is 5.97 Å². The van der Waals surface area contributed by atoms with Gasteiger partial charge in [-0.25, -0.2) is 4.98 Å². The Kier molecular flexibility index (Phi) is 4.35. The second kappa shape index (κ2) is 5.80. The Morgan fingerprint density at radius 3 is 3.17 bits per heavy atom. The minimum absolute atomic E-state index is 0.00817. The van der Waals surface area contributed by atoms with E-state index in [1.807, 2.05) is 12.3 Å². The standard InChI is InChI=1S/C13H20N2O2S/c1-9(6-12(16)17)11-8-18-13(14-11)10-4-3-5-15(2)7-10/h8-10H,3-7H2,1-2H3,(H,16,17). The van der Waals surface area contributed by atoms with E-state index < -0.39 is 5.97 Å². The molecule has 1 N–H and O–H groups in total. The molecule has 1 aromatic rings. The Bertz CT molecular complexity index is 419. The van der Waals surface area contributed by atoms with E-state index in [4.69, 9.17) is 5.11 Å². The summed E-state index contributed by atoms with van der Waals surface area (Å²) in [4.78, 5) is 17.7. The number of nitrogens with zero attached hydrogens (tertiary/aromatic N) is 2. The Hall–Kier alpha value is -0.940. The summed E-state index contributed by atoms with van der Waals surface area (Å²) in [6.45, 7) is 4.17. The molecule has 1 aliphatic rings. The summed E-state index contributed by atoms with van der Waals surface area (Å²) < 4.78 is 0. The Morgan fingerprint density at radius 1 is 1.72 bits per heavy atom. The van der Waals surface area contributed by atoms with Crippen molar-refractivity contribution in [2.45, 2.75) is 38.0 Å². The molecule has 1 aromatic heterocycles. The second-order valence-electron chi connectivity index (χ2n) is 5.21. The van der Waals surface area contributed by atoms with Gasteiger partial charge in [0.05, 0.1) is 17.1 Å². The number of thiazole rings is 1. The molecule has 5 heteroatoms. The Balaban J connectivity index is 2.03. The highest BCUT2D eigenvalue weighted by molar-refractivity contribution is 7.09. The van der Waals surface area contributed by atoms with Crippen LogP contribution in [0.25, 0.3) is 0 Å². The maximum atomic E-state index is 10.7. The van der Waals surface area contributed by atoms with Gasteiger partial charge in [-0.15, -0.1) is 11.3 Å². The number of piperidine rings is 1. The quantitative estimate of drug-likeness (QED) is 0.911. The highest BCUT2D eigenvalue weighted by Gasteiger charge is 2.23. The first-order valence-electron chi connectivity index (χ1n) is 6.42. The Morgan fingerprint density at radius 2 is 2.50 bits per heavy atom. The predicted octanol–water partition coefficient (Wildman–Crippen LogP) is 2.53. The molecule has 2 heterocycles. The minimum Gasteiger partial charge on any atom is -0.481 e. The third-order valence-electron chi connectivity index (χ3n) is 3.50. The zero-order chi connectivity index (χ0) is 13.1. The number of likely N-dealkylation sites (N-methyl/N-ethyl adjacent to an activating group) is 1. The van der Waals surface area contributed by atoms with Gasteiger partial charge in [0, 0.05) is 23.8 Å². The third kappa shape index (κ3) is 3.29. The van der Waals surface area contributed by atoms with Crippen LogP contribution in [-0.2, 0) is 4.79 Å². The molecular formula is C13H20N2O2S. The summed E-state index contributed by atoms with van der Waals surface area (Å²) >= 11 is 1.68. The summed E-state index contributed by atoms with van der Waals surface area (Å²) in [5, 5.41) is 12.0. The van der Waals surface area contributed by atoms with Crippen molar-refractivity contribution in [2.24, 2.45) is 0 Å². The minimum atomic E-state index is -0.755. The Labute approximate surface area is 112 Å². The molecule has 18 heavy (non-hydrogen) atoms. The number of aromatic nitrogens is 1. The number of hydrogen-bond acceptors (Lipinski definition) is 4. The second-order valence-corrected chi connectivity index (χ2v) is 6.10. The van der Waals surface area contributed by atoms with E-state index >= 15 is 0 Å². The van der Waals surface area contributed by atoms with E-state index in [1.165, 1.54) is 24.4 Å². The average molecular weight is 268 g/mol. The molecule has 4 nitrogen and oxygen atoms in total. The van der Waals surface area contributed by atoms with Gasteiger partial charge in [-0.2, -0.15) is 0 Å². The molecule has 1 aliphatic heterocycles. The number of hydrogen-bond donors (Lipinski definition) is 1. The summed E-state index contributed by atoms with van der Waals surface area (Å²) in [6.07, 6.45) is 2.58. The highest BCUT2D eigenvalue weighted by Crippen LogP contribution is 2.31. The van der Waals surface area contributed by atoms with E-state index in [1.54, 1.807) is 11.3 Å². The van der Waals surface area contributed by atoms with Gasteiger partial charge in [-0.1, -0.05) is 6.92 Å². The lowest BCUT2D eigenvalue weighted by Gasteiger charge is -2.28. The van der Waals surface area contributed by atoms with Crippen LogP contribution in [0.2, 0.25) is 0 Å². The van der Waals surface area contributed by atoms with Gasteiger partial charge in [0.1, 0.15) is 0 Å². The first-order valence-corrected chi connectivity index (χ1v) is 7.30. The number of aliphatic carboxylic acids is 1. The maximum Gasteiger partial charge on any atom is 0.304 e. The molecule has 2 atom stereocenters. The van der Waals surface area contributed by atoms with Crippen LogP contribution in [0, 0.1) is 0 Å². The zero-order valence-electron chi connectivity index (χ0n) is 10.9. The summed E-state index contributed by atoms with van der Waals surface area (Å²) in [5.41, 5.74) is 0.936. The van der Waals surface area contributed by atoms with Crippen molar-refractivity contribution in [3.05, 3.63) is 16.1 Å². The lowest BCUT2D eigenvalue weighted by Crippen LogP contribution is -2.30. The van der Waals surface area contributed by atoms with Crippen molar-refractivity contribution in [2.75, 3.05) is 20.1 Å². The topological polar surface area (TPSA) is 53.4 Å². The monoisotopic (exact) mass is 268 g/mol. The smallest absolute Gasteiger partial charge is 0.304 e. The van der Waals surface area contributed by atoms with Gasteiger partial charge in [0.15, 0.2) is 0 Å². The molecule has 2 unspecified atom stereocenters. The lowest BCUT2D eigenvalue weighted by atomic mass is 9.99. The van der Waals surface area contributed by atoms with Crippen molar-refractivity contribution >= 4 is 17.3 Å². The molecule has 1 saturated heterocycles. The number of carboxylic acids is 1. The van der Waals surface area contributed by atoms with E-state index in [2.05, 4.69) is 16.9 Å². The van der Waals surface area contributed by atoms with Crippen LogP contribution in [0.3, 0.4) is 0 Å². The summed E-state index contributed by atoms with van der Waals surface area (Å²) in [6, 6.07) is 0. The number of rotatable bonds is 4. The van der Waals surface area contributed by atoms with Crippen molar-refractivity contribution in [1.29, 1.82) is 0 Å². The van der Waals surface area contributed by atoms with Crippen LogP contribution in [0.5, 0.6) is 0 Å². The highest BCUT2D eigenvalue weighted by atomic mass is 32.1. The predicted molar refractivity (Wildman–Crippen MR) is 72.3 cm³/mol. The van der Waals surface area contributed by atoms with Crippen molar-refractivity contribution in [1.82, 2.24) is 9.88 Å². The van der Waals surface area contributed by atoms with Crippen molar-refractivity contribution in [3.8, 4) is 0 Å². The summed E-state index contributed by atoms with van der Waals surface area (Å²) in [5.74, 6) is -0.220. The molecule has 0 aliphatic carbocycles. The first kappa shape index (κ1) is 13.5. The maximum absolute atomic E-state index is 10.7. The van der Waals surface area contributed by atoms with Crippen molar-refractivity contribution in [3.63, 3.8) is 0 Å². The lowest BCUT2D eigenvalue weighted by molar-refractivity contribution is -0.137. The van der Waals surface area contributed by atoms with Crippen LogP contribution < -0.4 is 0 Å². The van der Waals surface area contributed by atoms with Crippen molar-refractivity contribution < 1.29 is 9.90 Å². The number of likely N-dealkylation sites (tertiary alicyclic amines) is 1. The van der Waals surface area contributed by atoms with Gasteiger partial charge in [-0.05, 0) is 26.4 Å². The molecular weight excluding hydrogens is 248 g/mol. The molecule has 0 aromatic carbocycles. The molecule has 0 bridgehead atoms. The molecule has 1 fully saturated rings. The first-order chi connectivity index (χ1) is 8.56. The zero-order valence-corrected chi connectivity index (χ0v) is 11.7. The third-order valence-corrected chi connectivity index (χ3v) is 4.52. The molecule has 0 spiro atoms. The number of carboxylic acid groups (broad SMARTS) is 1. The molecule has 0 radical (unpaired) electrons. The van der Waals surface area contributed by atoms with E-state index in [0.29, 0.717) is 5.92 Å². The molecule has 0 saturated carbocycles. The van der Waals surface area contributed by atoms with Crippen LogP contribution >= 0.6 is 11.3 Å². The van der Waals surface area contributed by atoms with Crippen LogP contribution in [0.1, 0.15) is 48.7 Å². The molecule has 100 valence electrons. The normalized spacial score (nSPS) is 22.9. The van der Waals surface area contributed by atoms with Gasteiger partial charge in [0.2, 0.25) is 0 Å². The van der Waals surface area contributed by atoms with Crippen LogP contribution in [-0.4, -0.2) is 41.1 Å². The molecule has 0 amide bonds. The summed E-state index contributed by atoms with van der Waals surface area (Å²) in [7, 11) is 2.15. The van der Waals surface area contributed by atoms with Gasteiger partial charge in [0.25, 0.3) is 0 Å². The average Bonchev–Trinajstić information content (AvgIpc) is 2.77. The van der Waals surface area contributed by atoms with E-state index in [-0.39, 0.29) is 12.3 Å². The fraction of sp³-hybridized carbons (Fsp3) is 0.692. The fourth-order valence-electron chi connectivity index (χ4n) is 2.45. The van der Waals surface area contributed by atoms with Crippen LogP contribution in [0.15, 0.2) is 5.38 Å². The largest absolute Gasteiger partial charge is 0.481 e. The SMILES string of the molecule is CC(CC(=O)O)c1csc(C2CCCN(C)C2)n1.